The first-order valence-corrected chi connectivity index (χ1v) is 8.45. The minimum atomic E-state index is -0.269. The normalized spacial score (nSPS) is 10.7. The van der Waals surface area contributed by atoms with Crippen LogP contribution in [0.15, 0.2) is 41.8 Å². The summed E-state index contributed by atoms with van der Waals surface area (Å²) < 4.78 is 5.00. The molecule has 0 unspecified atom stereocenters. The summed E-state index contributed by atoms with van der Waals surface area (Å²) in [5.74, 6) is 0.235. The largest absolute Gasteiger partial charge is 0.378 e. The third-order valence-corrected chi connectivity index (χ3v) is 4.27. The zero-order valence-corrected chi connectivity index (χ0v) is 14.1. The highest BCUT2D eigenvalue weighted by Gasteiger charge is 2.12. The van der Waals surface area contributed by atoms with E-state index in [2.05, 4.69) is 32.6 Å². The molecular weight excluding hydrogens is 324 g/mol. The van der Waals surface area contributed by atoms with Crippen molar-refractivity contribution in [2.75, 3.05) is 12.4 Å². The molecule has 6 nitrogen and oxygen atoms in total. The van der Waals surface area contributed by atoms with E-state index in [1.807, 2.05) is 24.3 Å². The van der Waals surface area contributed by atoms with Crippen LogP contribution in [-0.4, -0.2) is 28.2 Å². The molecule has 2 N–H and O–H groups in total. The second-order valence-electron chi connectivity index (χ2n) is 5.28. The van der Waals surface area contributed by atoms with Crippen LogP contribution < -0.4 is 5.32 Å². The summed E-state index contributed by atoms with van der Waals surface area (Å²) in [6.45, 7) is 0.407. The lowest BCUT2D eigenvalue weighted by atomic mass is 10.1. The summed E-state index contributed by atoms with van der Waals surface area (Å²) in [4.78, 5) is 16.4. The number of aromatic nitrogens is 3. The van der Waals surface area contributed by atoms with Gasteiger partial charge in [0.1, 0.15) is 10.7 Å². The van der Waals surface area contributed by atoms with E-state index in [9.17, 15) is 4.79 Å². The van der Waals surface area contributed by atoms with E-state index in [0.717, 1.165) is 23.5 Å². The quantitative estimate of drug-likeness (QED) is 0.691. The second-order valence-corrected chi connectivity index (χ2v) is 6.22. The molecule has 0 aliphatic heterocycles. The molecule has 0 saturated heterocycles. The number of ether oxygens (including phenoxy) is 1. The second kappa shape index (κ2) is 7.85. The fraction of sp³-hybridized carbons (Fsp3) is 0.235. The summed E-state index contributed by atoms with van der Waals surface area (Å²) in [6, 6.07) is 12.1. The maximum atomic E-state index is 12.2. The molecule has 0 atom stereocenters. The highest BCUT2D eigenvalue weighted by molar-refractivity contribution is 7.09. The van der Waals surface area contributed by atoms with Crippen molar-refractivity contribution in [3.05, 3.63) is 63.7 Å². The van der Waals surface area contributed by atoms with Crippen LogP contribution in [0.25, 0.3) is 0 Å². The van der Waals surface area contributed by atoms with Crippen molar-refractivity contribution in [2.45, 2.75) is 19.4 Å². The van der Waals surface area contributed by atoms with E-state index >= 15 is 0 Å². The van der Waals surface area contributed by atoms with Gasteiger partial charge in [0.2, 0.25) is 0 Å². The number of amides is 1. The molecule has 0 aliphatic carbocycles. The first kappa shape index (κ1) is 16.4. The Morgan fingerprint density at radius 3 is 2.92 bits per heavy atom. The number of anilines is 1. The molecule has 7 heteroatoms. The molecule has 0 radical (unpaired) electrons. The van der Waals surface area contributed by atoms with Gasteiger partial charge in [0.15, 0.2) is 5.82 Å². The number of H-pyrrole nitrogens is 1. The van der Waals surface area contributed by atoms with Gasteiger partial charge in [-0.15, -0.1) is 11.3 Å². The van der Waals surface area contributed by atoms with Crippen molar-refractivity contribution >= 4 is 23.1 Å². The van der Waals surface area contributed by atoms with Gasteiger partial charge in [0.25, 0.3) is 5.91 Å². The van der Waals surface area contributed by atoms with E-state index in [4.69, 9.17) is 4.74 Å². The number of benzene rings is 1. The first-order valence-electron chi connectivity index (χ1n) is 7.57. The molecule has 0 bridgehead atoms. The fourth-order valence-electron chi connectivity index (χ4n) is 2.26. The predicted octanol–water partition coefficient (Wildman–Crippen LogP) is 3.05. The zero-order chi connectivity index (χ0) is 16.8. The molecule has 3 aromatic rings. The van der Waals surface area contributed by atoms with Gasteiger partial charge in [-0.1, -0.05) is 30.3 Å². The lowest BCUT2D eigenvalue weighted by Crippen LogP contribution is -2.12. The van der Waals surface area contributed by atoms with E-state index in [0.29, 0.717) is 18.1 Å². The number of methoxy groups -OCH3 is 1. The molecule has 2 aromatic heterocycles. The summed E-state index contributed by atoms with van der Waals surface area (Å²) in [5.41, 5.74) is 2.62. The number of aryl methyl sites for hydroxylation is 2. The van der Waals surface area contributed by atoms with Crippen LogP contribution in [0.5, 0.6) is 0 Å². The number of hydrogen-bond acceptors (Lipinski definition) is 5. The molecule has 1 amide bonds. The van der Waals surface area contributed by atoms with Crippen molar-refractivity contribution in [2.24, 2.45) is 0 Å². The molecule has 1 aromatic carbocycles. The van der Waals surface area contributed by atoms with Gasteiger partial charge in [-0.3, -0.25) is 9.89 Å². The Kier molecular flexibility index (Phi) is 5.35. The maximum Gasteiger partial charge on any atom is 0.276 e. The smallest absolute Gasteiger partial charge is 0.276 e. The minimum Gasteiger partial charge on any atom is -0.378 e. The Labute approximate surface area is 143 Å². The summed E-state index contributed by atoms with van der Waals surface area (Å²) in [5, 5.41) is 12.3. The molecule has 24 heavy (non-hydrogen) atoms. The van der Waals surface area contributed by atoms with Crippen LogP contribution >= 0.6 is 11.3 Å². The van der Waals surface area contributed by atoms with Crippen molar-refractivity contribution in [3.63, 3.8) is 0 Å². The van der Waals surface area contributed by atoms with Gasteiger partial charge in [0.05, 0.1) is 6.61 Å². The number of nitrogens with one attached hydrogen (secondary N) is 2. The van der Waals surface area contributed by atoms with E-state index in [-0.39, 0.29) is 5.91 Å². The van der Waals surface area contributed by atoms with Crippen molar-refractivity contribution < 1.29 is 9.53 Å². The Bertz CT molecular complexity index is 798. The zero-order valence-electron chi connectivity index (χ0n) is 13.3. The van der Waals surface area contributed by atoms with E-state index in [1.165, 1.54) is 16.9 Å². The average molecular weight is 342 g/mol. The Morgan fingerprint density at radius 2 is 2.12 bits per heavy atom. The van der Waals surface area contributed by atoms with Crippen LogP contribution in [0.1, 0.15) is 26.8 Å². The van der Waals surface area contributed by atoms with Gasteiger partial charge in [0, 0.05) is 24.3 Å². The van der Waals surface area contributed by atoms with Gasteiger partial charge >= 0.3 is 0 Å². The van der Waals surface area contributed by atoms with Gasteiger partial charge < -0.3 is 10.1 Å². The Balaban J connectivity index is 1.56. The summed E-state index contributed by atoms with van der Waals surface area (Å²) in [6.07, 6.45) is 1.75. The van der Waals surface area contributed by atoms with Crippen molar-refractivity contribution in [1.29, 1.82) is 0 Å². The van der Waals surface area contributed by atoms with Crippen LogP contribution in [0, 0.1) is 0 Å². The monoisotopic (exact) mass is 342 g/mol. The SMILES string of the molecule is COCc1nc(C(=O)Nc2cc(CCc3ccccc3)[nH]n2)cs1. The first-order chi connectivity index (χ1) is 11.7. The third kappa shape index (κ3) is 4.27. The Morgan fingerprint density at radius 1 is 1.29 bits per heavy atom. The number of aromatic amines is 1. The lowest BCUT2D eigenvalue weighted by molar-refractivity contribution is 0.102. The fourth-order valence-corrected chi connectivity index (χ4v) is 3.01. The Hall–Kier alpha value is -2.51. The standard InChI is InChI=1S/C17H18N4O2S/c1-23-10-16-18-14(11-24-16)17(22)19-15-9-13(20-21-15)8-7-12-5-3-2-4-6-12/h2-6,9,11H,7-8,10H2,1H3,(H2,19,20,21,22). The number of nitrogens with zero attached hydrogens (tertiary/aromatic N) is 2. The average Bonchev–Trinajstić information content (AvgIpc) is 3.24. The van der Waals surface area contributed by atoms with Crippen LogP contribution in [0.2, 0.25) is 0 Å². The third-order valence-electron chi connectivity index (χ3n) is 3.45. The van der Waals surface area contributed by atoms with Crippen molar-refractivity contribution in [3.8, 4) is 0 Å². The molecular formula is C17H18N4O2S. The van der Waals surface area contributed by atoms with Crippen molar-refractivity contribution in [1.82, 2.24) is 15.2 Å². The number of hydrogen-bond donors (Lipinski definition) is 2. The van der Waals surface area contributed by atoms with Crippen LogP contribution in [-0.2, 0) is 24.2 Å². The molecule has 124 valence electrons. The van der Waals surface area contributed by atoms with Gasteiger partial charge in [-0.05, 0) is 18.4 Å². The van der Waals surface area contributed by atoms with Crippen LogP contribution in [0.3, 0.4) is 0 Å². The molecule has 0 fully saturated rings. The predicted molar refractivity (Wildman–Crippen MR) is 93.2 cm³/mol. The van der Waals surface area contributed by atoms with Gasteiger partial charge in [-0.2, -0.15) is 5.10 Å². The topological polar surface area (TPSA) is 79.9 Å². The van der Waals surface area contributed by atoms with E-state index in [1.54, 1.807) is 12.5 Å². The number of carbonyl (C=O) groups is 1. The number of carbonyl (C=O) groups excluding carboxylic acids is 1. The van der Waals surface area contributed by atoms with E-state index < -0.39 is 0 Å². The highest BCUT2D eigenvalue weighted by Crippen LogP contribution is 2.14. The molecule has 2 heterocycles. The maximum absolute atomic E-state index is 12.2. The summed E-state index contributed by atoms with van der Waals surface area (Å²) >= 11 is 1.40. The summed E-state index contributed by atoms with van der Waals surface area (Å²) in [7, 11) is 1.60. The molecule has 0 aliphatic rings. The molecule has 3 rings (SSSR count). The highest BCUT2D eigenvalue weighted by atomic mass is 32.1. The lowest BCUT2D eigenvalue weighted by Gasteiger charge is -1.98. The minimum absolute atomic E-state index is 0.269. The molecule has 0 spiro atoms. The van der Waals surface area contributed by atoms with Gasteiger partial charge in [-0.25, -0.2) is 4.98 Å². The number of rotatable bonds is 7. The number of thiazole rings is 1. The molecule has 0 saturated carbocycles. The van der Waals surface area contributed by atoms with Crippen LogP contribution in [0.4, 0.5) is 5.82 Å².